The monoisotopic (exact) mass is 505 g/mol. The van der Waals surface area contributed by atoms with Gasteiger partial charge in [-0.3, -0.25) is 9.89 Å². The maximum Gasteiger partial charge on any atom is 0.256 e. The van der Waals surface area contributed by atoms with Crippen molar-refractivity contribution in [2.24, 2.45) is 0 Å². The van der Waals surface area contributed by atoms with Crippen LogP contribution in [0.3, 0.4) is 0 Å². The van der Waals surface area contributed by atoms with Gasteiger partial charge in [0.1, 0.15) is 0 Å². The Bertz CT molecular complexity index is 1530. The number of nitrogens with one attached hydrogen (secondary N) is 3. The van der Waals surface area contributed by atoms with E-state index >= 15 is 0 Å². The van der Waals surface area contributed by atoms with Crippen LogP contribution in [0.5, 0.6) is 0 Å². The van der Waals surface area contributed by atoms with Gasteiger partial charge in [-0.05, 0) is 74.9 Å². The van der Waals surface area contributed by atoms with Crippen molar-refractivity contribution in [3.8, 4) is 11.3 Å². The van der Waals surface area contributed by atoms with Crippen molar-refractivity contribution in [3.63, 3.8) is 0 Å². The van der Waals surface area contributed by atoms with Crippen LogP contribution in [0.1, 0.15) is 28.8 Å². The lowest BCUT2D eigenvalue weighted by Crippen LogP contribution is -2.36. The molecule has 1 aliphatic heterocycles. The number of anilines is 2. The molecule has 0 spiro atoms. The molecule has 0 saturated carbocycles. The van der Waals surface area contributed by atoms with Gasteiger partial charge in [-0.15, -0.1) is 0 Å². The Kier molecular flexibility index (Phi) is 6.62. The first kappa shape index (κ1) is 23.9. The zero-order valence-electron chi connectivity index (χ0n) is 21.4. The number of likely N-dealkylation sites (tertiary alicyclic amines) is 1. The Morgan fingerprint density at radius 2 is 1.79 bits per heavy atom. The molecule has 0 aliphatic carbocycles. The molecule has 1 aliphatic rings. The summed E-state index contributed by atoms with van der Waals surface area (Å²) in [5.41, 5.74) is 6.62. The largest absolute Gasteiger partial charge is 0.382 e. The summed E-state index contributed by atoms with van der Waals surface area (Å²) in [7, 11) is 2.16. The van der Waals surface area contributed by atoms with Gasteiger partial charge in [0.05, 0.1) is 23.1 Å². The predicted molar refractivity (Wildman–Crippen MR) is 151 cm³/mol. The van der Waals surface area contributed by atoms with E-state index in [0.29, 0.717) is 17.4 Å². The first-order valence-corrected chi connectivity index (χ1v) is 13.0. The topological polar surface area (TPSA) is 90.9 Å². The van der Waals surface area contributed by atoms with Crippen molar-refractivity contribution < 1.29 is 4.79 Å². The molecular formula is C30H31N7O. The molecule has 3 N–H and O–H groups in total. The summed E-state index contributed by atoms with van der Waals surface area (Å²) in [4.78, 5) is 19.8. The van der Waals surface area contributed by atoms with Gasteiger partial charge in [-0.2, -0.15) is 5.10 Å². The van der Waals surface area contributed by atoms with Crippen LogP contribution < -0.4 is 10.6 Å². The number of piperidine rings is 1. The van der Waals surface area contributed by atoms with Gasteiger partial charge in [0.2, 0.25) is 0 Å². The number of aromatic amines is 1. The van der Waals surface area contributed by atoms with E-state index in [1.165, 1.54) is 5.56 Å². The molecule has 0 bridgehead atoms. The van der Waals surface area contributed by atoms with Crippen molar-refractivity contribution in [1.82, 2.24) is 24.6 Å². The number of benzene rings is 3. The number of hydrogen-bond donors (Lipinski definition) is 3. The molecule has 8 heteroatoms. The first-order valence-electron chi connectivity index (χ1n) is 13.0. The van der Waals surface area contributed by atoms with Crippen LogP contribution in [0.2, 0.25) is 0 Å². The highest BCUT2D eigenvalue weighted by atomic mass is 16.1. The van der Waals surface area contributed by atoms with E-state index in [-0.39, 0.29) is 5.91 Å². The molecule has 0 unspecified atom stereocenters. The van der Waals surface area contributed by atoms with Gasteiger partial charge in [0.15, 0.2) is 5.82 Å². The first-order chi connectivity index (χ1) is 18.6. The minimum atomic E-state index is -0.191. The number of hydrogen-bond acceptors (Lipinski definition) is 5. The van der Waals surface area contributed by atoms with Gasteiger partial charge in [-0.25, -0.2) is 4.98 Å². The summed E-state index contributed by atoms with van der Waals surface area (Å²) in [6.07, 6.45) is 4.13. The fourth-order valence-electron chi connectivity index (χ4n) is 4.97. The molecule has 6 rings (SSSR count). The Morgan fingerprint density at radius 3 is 2.58 bits per heavy atom. The van der Waals surface area contributed by atoms with E-state index in [4.69, 9.17) is 0 Å². The fourth-order valence-corrected chi connectivity index (χ4v) is 4.97. The van der Waals surface area contributed by atoms with Crippen molar-refractivity contribution in [3.05, 3.63) is 96.3 Å². The number of fused-ring (bicyclic) bond motifs is 1. The molecule has 38 heavy (non-hydrogen) atoms. The summed E-state index contributed by atoms with van der Waals surface area (Å²) < 4.78 is 2.14. The smallest absolute Gasteiger partial charge is 0.256 e. The number of amides is 1. The zero-order valence-corrected chi connectivity index (χ0v) is 21.4. The molecule has 5 aromatic rings. The summed E-state index contributed by atoms with van der Waals surface area (Å²) in [5.74, 6) is 0.289. The molecule has 192 valence electrons. The highest BCUT2D eigenvalue weighted by Crippen LogP contribution is 2.25. The Balaban J connectivity index is 1.09. The van der Waals surface area contributed by atoms with Crippen LogP contribution in [0, 0.1) is 0 Å². The Morgan fingerprint density at radius 1 is 1.00 bits per heavy atom. The van der Waals surface area contributed by atoms with E-state index in [9.17, 15) is 4.79 Å². The van der Waals surface area contributed by atoms with Crippen LogP contribution in [-0.2, 0) is 6.54 Å². The number of rotatable bonds is 7. The van der Waals surface area contributed by atoms with Crippen LogP contribution in [0.15, 0.2) is 85.2 Å². The Hall–Kier alpha value is -4.43. The zero-order chi connectivity index (χ0) is 25.9. The molecule has 1 amide bonds. The fraction of sp³-hybridized carbons (Fsp3) is 0.233. The molecule has 3 heterocycles. The van der Waals surface area contributed by atoms with Crippen LogP contribution >= 0.6 is 0 Å². The van der Waals surface area contributed by atoms with E-state index < -0.39 is 0 Å². The van der Waals surface area contributed by atoms with E-state index in [1.54, 1.807) is 0 Å². The molecule has 8 nitrogen and oxygen atoms in total. The van der Waals surface area contributed by atoms with Crippen molar-refractivity contribution in [1.29, 1.82) is 0 Å². The quantitative estimate of drug-likeness (QED) is 0.282. The molecule has 0 atom stereocenters. The second-order valence-corrected chi connectivity index (χ2v) is 9.98. The summed E-state index contributed by atoms with van der Waals surface area (Å²) in [6, 6.07) is 26.4. The SMILES string of the molecule is CN1CCC(Nc2ccc(C(=O)Nc3cc(-c4ccc5c(c4)ncn5Cc4ccccc4)[nH]n3)cc2)CC1. The van der Waals surface area contributed by atoms with Crippen molar-refractivity contribution in [2.75, 3.05) is 30.8 Å². The van der Waals surface area contributed by atoms with Crippen LogP contribution in [-0.4, -0.2) is 56.7 Å². The van der Waals surface area contributed by atoms with Gasteiger partial charge in [-0.1, -0.05) is 36.4 Å². The van der Waals surface area contributed by atoms with Gasteiger partial charge in [0.25, 0.3) is 5.91 Å². The highest BCUT2D eigenvalue weighted by Gasteiger charge is 2.17. The molecule has 1 fully saturated rings. The van der Waals surface area contributed by atoms with E-state index in [0.717, 1.165) is 60.5 Å². The normalized spacial score (nSPS) is 14.6. The van der Waals surface area contributed by atoms with Crippen molar-refractivity contribution >= 4 is 28.4 Å². The van der Waals surface area contributed by atoms with Gasteiger partial charge in [0, 0.05) is 35.5 Å². The lowest BCUT2D eigenvalue weighted by atomic mass is 10.0. The third-order valence-electron chi connectivity index (χ3n) is 7.18. The number of aromatic nitrogens is 4. The molecule has 1 saturated heterocycles. The van der Waals surface area contributed by atoms with Crippen molar-refractivity contribution in [2.45, 2.75) is 25.4 Å². The van der Waals surface area contributed by atoms with Gasteiger partial charge < -0.3 is 20.1 Å². The average molecular weight is 506 g/mol. The number of H-pyrrole nitrogens is 1. The number of carbonyl (C=O) groups excluding carboxylic acids is 1. The third kappa shape index (κ3) is 5.31. The van der Waals surface area contributed by atoms with E-state index in [2.05, 4.69) is 60.5 Å². The van der Waals surface area contributed by atoms with Crippen LogP contribution in [0.4, 0.5) is 11.5 Å². The minimum absolute atomic E-state index is 0.191. The maximum atomic E-state index is 12.8. The lowest BCUT2D eigenvalue weighted by molar-refractivity contribution is 0.102. The van der Waals surface area contributed by atoms with Gasteiger partial charge >= 0.3 is 0 Å². The molecule has 0 radical (unpaired) electrons. The Labute approximate surface area is 221 Å². The lowest BCUT2D eigenvalue weighted by Gasteiger charge is -2.30. The summed E-state index contributed by atoms with van der Waals surface area (Å²) in [6.45, 7) is 2.98. The third-order valence-corrected chi connectivity index (χ3v) is 7.18. The number of carbonyl (C=O) groups is 1. The molecule has 3 aromatic carbocycles. The highest BCUT2D eigenvalue weighted by molar-refractivity contribution is 6.04. The average Bonchev–Trinajstić information content (AvgIpc) is 3.58. The number of imidazole rings is 1. The standard InChI is InChI=1S/C30H31N7O/c1-36-15-13-25(14-16-36)32-24-10-7-22(8-11-24)30(38)33-29-18-26(34-35-29)23-9-12-28-27(17-23)31-20-37(28)19-21-5-3-2-4-6-21/h2-12,17-18,20,25,32H,13-16,19H2,1H3,(H2,33,34,35,38). The molecule has 2 aromatic heterocycles. The second kappa shape index (κ2) is 10.5. The van der Waals surface area contributed by atoms with E-state index in [1.807, 2.05) is 67.0 Å². The second-order valence-electron chi connectivity index (χ2n) is 9.98. The molecular weight excluding hydrogens is 474 g/mol. The predicted octanol–water partition coefficient (Wildman–Crippen LogP) is 5.23. The maximum absolute atomic E-state index is 12.8. The summed E-state index contributed by atoms with van der Waals surface area (Å²) in [5, 5.41) is 13.8. The van der Waals surface area contributed by atoms with Crippen LogP contribution in [0.25, 0.3) is 22.3 Å². The number of nitrogens with zero attached hydrogens (tertiary/aromatic N) is 4. The summed E-state index contributed by atoms with van der Waals surface area (Å²) >= 11 is 0. The minimum Gasteiger partial charge on any atom is -0.382 e.